The molecule has 1 radical (unpaired) electrons. The Bertz CT molecular complexity index is 356. The van der Waals surface area contributed by atoms with Gasteiger partial charge in [0.25, 0.3) is 0 Å². The smallest absolute Gasteiger partial charge is 0.222 e. The van der Waals surface area contributed by atoms with E-state index in [1.54, 1.807) is 0 Å². The average molecular weight is 231 g/mol. The summed E-state index contributed by atoms with van der Waals surface area (Å²) in [6.45, 7) is 7.23. The second kappa shape index (κ2) is 5.71. The quantitative estimate of drug-likeness (QED) is 0.794. The van der Waals surface area contributed by atoms with Gasteiger partial charge in [0.2, 0.25) is 5.91 Å². The SMILES string of the molecule is [CH2]CCC(=O)N1CCN(c2ccccc2)CC1. The molecule has 1 aromatic carbocycles. The third-order valence-electron chi connectivity index (χ3n) is 3.14. The molecule has 1 amide bonds. The van der Waals surface area contributed by atoms with Gasteiger partial charge in [0.15, 0.2) is 0 Å². The Kier molecular flexibility index (Phi) is 4.02. The molecule has 0 N–H and O–H groups in total. The molecule has 0 saturated carbocycles. The number of nitrogens with zero attached hydrogens (tertiary/aromatic N) is 2. The van der Waals surface area contributed by atoms with Crippen LogP contribution in [0.25, 0.3) is 0 Å². The molecule has 1 saturated heterocycles. The summed E-state index contributed by atoms with van der Waals surface area (Å²) in [5.74, 6) is 0.243. The van der Waals surface area contributed by atoms with Gasteiger partial charge in [-0.25, -0.2) is 0 Å². The normalized spacial score (nSPS) is 16.1. The Labute approximate surface area is 103 Å². The van der Waals surface area contributed by atoms with E-state index in [1.165, 1.54) is 5.69 Å². The maximum absolute atomic E-state index is 11.7. The fraction of sp³-hybridized carbons (Fsp3) is 0.429. The summed E-state index contributed by atoms with van der Waals surface area (Å²) >= 11 is 0. The lowest BCUT2D eigenvalue weighted by Crippen LogP contribution is -2.48. The Hall–Kier alpha value is -1.51. The molecule has 0 bridgehead atoms. The van der Waals surface area contributed by atoms with Crippen molar-refractivity contribution >= 4 is 11.6 Å². The van der Waals surface area contributed by atoms with E-state index in [2.05, 4.69) is 36.1 Å². The van der Waals surface area contributed by atoms with Gasteiger partial charge < -0.3 is 9.80 Å². The number of anilines is 1. The highest BCUT2D eigenvalue weighted by Gasteiger charge is 2.20. The highest BCUT2D eigenvalue weighted by Crippen LogP contribution is 2.15. The van der Waals surface area contributed by atoms with Crippen LogP contribution in [0.4, 0.5) is 5.69 Å². The molecule has 0 aromatic heterocycles. The number of para-hydroxylation sites is 1. The minimum Gasteiger partial charge on any atom is -0.368 e. The summed E-state index contributed by atoms with van der Waals surface area (Å²) in [5.41, 5.74) is 1.25. The average Bonchev–Trinajstić information content (AvgIpc) is 2.40. The van der Waals surface area contributed by atoms with Gasteiger partial charge in [0.05, 0.1) is 0 Å². The highest BCUT2D eigenvalue weighted by molar-refractivity contribution is 5.76. The van der Waals surface area contributed by atoms with Crippen LogP contribution in [0.1, 0.15) is 12.8 Å². The number of amides is 1. The lowest BCUT2D eigenvalue weighted by molar-refractivity contribution is -0.131. The van der Waals surface area contributed by atoms with E-state index in [1.807, 2.05) is 11.0 Å². The van der Waals surface area contributed by atoms with E-state index in [4.69, 9.17) is 0 Å². The maximum atomic E-state index is 11.7. The lowest BCUT2D eigenvalue weighted by atomic mass is 10.2. The van der Waals surface area contributed by atoms with Gasteiger partial charge in [0, 0.05) is 38.3 Å². The van der Waals surface area contributed by atoms with Crippen LogP contribution in [0, 0.1) is 6.92 Å². The molecule has 3 nitrogen and oxygen atoms in total. The molecular formula is C14H19N2O. The fourth-order valence-electron chi connectivity index (χ4n) is 2.16. The first-order valence-electron chi connectivity index (χ1n) is 6.18. The van der Waals surface area contributed by atoms with E-state index in [-0.39, 0.29) is 5.91 Å². The van der Waals surface area contributed by atoms with Crippen LogP contribution in [0.15, 0.2) is 30.3 Å². The van der Waals surface area contributed by atoms with Crippen molar-refractivity contribution in [2.24, 2.45) is 0 Å². The molecule has 17 heavy (non-hydrogen) atoms. The number of piperazine rings is 1. The number of carbonyl (C=O) groups excluding carboxylic acids is 1. The van der Waals surface area contributed by atoms with E-state index < -0.39 is 0 Å². The molecule has 91 valence electrons. The van der Waals surface area contributed by atoms with Crippen LogP contribution < -0.4 is 4.90 Å². The molecule has 0 aliphatic carbocycles. The zero-order chi connectivity index (χ0) is 12.1. The fourth-order valence-corrected chi connectivity index (χ4v) is 2.16. The second-order valence-electron chi connectivity index (χ2n) is 4.31. The second-order valence-corrected chi connectivity index (χ2v) is 4.31. The van der Waals surface area contributed by atoms with Gasteiger partial charge in [0.1, 0.15) is 0 Å². The van der Waals surface area contributed by atoms with Crippen molar-refractivity contribution in [2.75, 3.05) is 31.1 Å². The van der Waals surface area contributed by atoms with Crippen LogP contribution in [0.5, 0.6) is 0 Å². The maximum Gasteiger partial charge on any atom is 0.222 e. The van der Waals surface area contributed by atoms with Crippen molar-refractivity contribution in [3.8, 4) is 0 Å². The molecule has 0 atom stereocenters. The van der Waals surface area contributed by atoms with Crippen LogP contribution >= 0.6 is 0 Å². The van der Waals surface area contributed by atoms with E-state index in [9.17, 15) is 4.79 Å². The monoisotopic (exact) mass is 231 g/mol. The molecular weight excluding hydrogens is 212 g/mol. The Balaban J connectivity index is 1.88. The summed E-state index contributed by atoms with van der Waals surface area (Å²) in [4.78, 5) is 16.0. The number of benzene rings is 1. The zero-order valence-electron chi connectivity index (χ0n) is 10.1. The van der Waals surface area contributed by atoms with Crippen LogP contribution in [0.3, 0.4) is 0 Å². The summed E-state index contributed by atoms with van der Waals surface area (Å²) in [6, 6.07) is 10.4. The first kappa shape index (κ1) is 12.0. The standard InChI is InChI=1S/C14H19N2O/c1-2-6-14(17)16-11-9-15(10-12-16)13-7-4-3-5-8-13/h3-5,7-8H,1-2,6,9-12H2. The molecule has 1 heterocycles. The van der Waals surface area contributed by atoms with Gasteiger partial charge in [-0.1, -0.05) is 25.1 Å². The van der Waals surface area contributed by atoms with Crippen LogP contribution in [-0.2, 0) is 4.79 Å². The van der Waals surface area contributed by atoms with Gasteiger partial charge in [-0.15, -0.1) is 0 Å². The molecule has 1 aliphatic rings. The topological polar surface area (TPSA) is 23.6 Å². The van der Waals surface area contributed by atoms with Gasteiger partial charge in [-0.3, -0.25) is 4.79 Å². The number of rotatable bonds is 3. The number of hydrogen-bond acceptors (Lipinski definition) is 2. The molecule has 1 aliphatic heterocycles. The minimum absolute atomic E-state index is 0.243. The zero-order valence-corrected chi connectivity index (χ0v) is 10.1. The molecule has 0 unspecified atom stereocenters. The summed E-state index contributed by atoms with van der Waals surface area (Å²) < 4.78 is 0. The third-order valence-corrected chi connectivity index (χ3v) is 3.14. The lowest BCUT2D eigenvalue weighted by Gasteiger charge is -2.36. The first-order chi connectivity index (χ1) is 8.31. The first-order valence-corrected chi connectivity index (χ1v) is 6.18. The minimum atomic E-state index is 0.243. The van der Waals surface area contributed by atoms with Crippen molar-refractivity contribution in [3.05, 3.63) is 37.3 Å². The summed E-state index contributed by atoms with van der Waals surface area (Å²) in [5, 5.41) is 0. The molecule has 2 rings (SSSR count). The van der Waals surface area contributed by atoms with Crippen molar-refractivity contribution in [3.63, 3.8) is 0 Å². The molecule has 0 spiro atoms. The van der Waals surface area contributed by atoms with E-state index in [0.29, 0.717) is 12.8 Å². The Morgan fingerprint density at radius 3 is 2.35 bits per heavy atom. The third kappa shape index (κ3) is 2.99. The number of hydrogen-bond donors (Lipinski definition) is 0. The Morgan fingerprint density at radius 2 is 1.76 bits per heavy atom. The van der Waals surface area contributed by atoms with Gasteiger partial charge >= 0.3 is 0 Å². The molecule has 3 heteroatoms. The summed E-state index contributed by atoms with van der Waals surface area (Å²) in [6.07, 6.45) is 1.27. The van der Waals surface area contributed by atoms with Gasteiger partial charge in [-0.2, -0.15) is 0 Å². The van der Waals surface area contributed by atoms with E-state index >= 15 is 0 Å². The Morgan fingerprint density at radius 1 is 1.12 bits per heavy atom. The van der Waals surface area contributed by atoms with E-state index in [0.717, 1.165) is 26.2 Å². The molecule has 1 fully saturated rings. The van der Waals surface area contributed by atoms with Crippen molar-refractivity contribution in [1.82, 2.24) is 4.90 Å². The van der Waals surface area contributed by atoms with Gasteiger partial charge in [-0.05, 0) is 18.6 Å². The van der Waals surface area contributed by atoms with Crippen molar-refractivity contribution < 1.29 is 4.79 Å². The van der Waals surface area contributed by atoms with Crippen molar-refractivity contribution in [2.45, 2.75) is 12.8 Å². The largest absolute Gasteiger partial charge is 0.368 e. The predicted octanol–water partition coefficient (Wildman–Crippen LogP) is 1.95. The highest BCUT2D eigenvalue weighted by atomic mass is 16.2. The van der Waals surface area contributed by atoms with Crippen molar-refractivity contribution in [1.29, 1.82) is 0 Å². The predicted molar refractivity (Wildman–Crippen MR) is 69.8 cm³/mol. The molecule has 1 aromatic rings. The van der Waals surface area contributed by atoms with Crippen LogP contribution in [0.2, 0.25) is 0 Å². The number of carbonyl (C=O) groups is 1. The summed E-state index contributed by atoms with van der Waals surface area (Å²) in [7, 11) is 0. The van der Waals surface area contributed by atoms with Crippen LogP contribution in [-0.4, -0.2) is 37.0 Å².